The van der Waals surface area contributed by atoms with E-state index < -0.39 is 6.04 Å². The molecule has 0 spiro atoms. The molecule has 0 radical (unpaired) electrons. The molecule has 1 saturated heterocycles. The Hall–Kier alpha value is -1.17. The molecule has 0 saturated carbocycles. The van der Waals surface area contributed by atoms with Crippen molar-refractivity contribution in [3.8, 4) is 0 Å². The molecule has 2 aromatic rings. The Bertz CT molecular complexity index is 599. The predicted molar refractivity (Wildman–Crippen MR) is 79.7 cm³/mol. The Morgan fingerprint density at radius 2 is 1.95 bits per heavy atom. The van der Waals surface area contributed by atoms with Gasteiger partial charge in [-0.3, -0.25) is 4.79 Å². The molecule has 0 aliphatic carbocycles. The standard InChI is InChI=1S/C14H13BrN2OS/c15-11-7-6-10(19-11)13-12(16)14(18)17(13)8-9-4-2-1-3-5-9/h1-7,12-13H,8,16H2/t12-,13+/m0/s1. The molecule has 1 aromatic heterocycles. The second kappa shape index (κ2) is 5.07. The number of hydrogen-bond donors (Lipinski definition) is 1. The third kappa shape index (κ3) is 2.33. The van der Waals surface area contributed by atoms with Crippen molar-refractivity contribution in [3.05, 3.63) is 56.7 Å². The molecule has 2 N–H and O–H groups in total. The summed E-state index contributed by atoms with van der Waals surface area (Å²) < 4.78 is 1.06. The van der Waals surface area contributed by atoms with E-state index in [1.165, 1.54) is 0 Å². The molecule has 1 amide bonds. The van der Waals surface area contributed by atoms with Gasteiger partial charge in [-0.15, -0.1) is 11.3 Å². The molecule has 3 rings (SSSR count). The van der Waals surface area contributed by atoms with E-state index >= 15 is 0 Å². The van der Waals surface area contributed by atoms with Gasteiger partial charge in [-0.05, 0) is 33.6 Å². The van der Waals surface area contributed by atoms with E-state index in [4.69, 9.17) is 5.73 Å². The third-order valence-electron chi connectivity index (χ3n) is 3.33. The molecule has 0 bridgehead atoms. The average Bonchev–Trinajstić information content (AvgIpc) is 2.85. The van der Waals surface area contributed by atoms with Crippen molar-refractivity contribution >= 4 is 33.2 Å². The van der Waals surface area contributed by atoms with Crippen LogP contribution in [-0.4, -0.2) is 16.8 Å². The second-order valence-corrected chi connectivity index (χ2v) is 7.06. The Balaban J connectivity index is 1.82. The fourth-order valence-corrected chi connectivity index (χ4v) is 3.93. The molecule has 0 unspecified atom stereocenters. The first-order valence-corrected chi connectivity index (χ1v) is 7.63. The van der Waals surface area contributed by atoms with Crippen LogP contribution in [0.25, 0.3) is 0 Å². The largest absolute Gasteiger partial charge is 0.327 e. The first kappa shape index (κ1) is 12.8. The summed E-state index contributed by atoms with van der Waals surface area (Å²) in [5, 5.41) is 0. The number of halogens is 1. The van der Waals surface area contributed by atoms with Crippen molar-refractivity contribution in [2.75, 3.05) is 0 Å². The summed E-state index contributed by atoms with van der Waals surface area (Å²) in [6.07, 6.45) is 0. The summed E-state index contributed by atoms with van der Waals surface area (Å²) >= 11 is 5.08. The molecule has 5 heteroatoms. The molecule has 1 fully saturated rings. The van der Waals surface area contributed by atoms with Gasteiger partial charge in [0.05, 0.1) is 9.83 Å². The van der Waals surface area contributed by atoms with Crippen LogP contribution < -0.4 is 5.73 Å². The van der Waals surface area contributed by atoms with Crippen LogP contribution in [0.2, 0.25) is 0 Å². The summed E-state index contributed by atoms with van der Waals surface area (Å²) in [4.78, 5) is 14.9. The number of hydrogen-bond acceptors (Lipinski definition) is 3. The van der Waals surface area contributed by atoms with Crippen LogP contribution in [0.1, 0.15) is 16.5 Å². The lowest BCUT2D eigenvalue weighted by atomic mass is 9.93. The lowest BCUT2D eigenvalue weighted by Crippen LogP contribution is -2.62. The van der Waals surface area contributed by atoms with E-state index in [2.05, 4.69) is 15.9 Å². The molecular weight excluding hydrogens is 324 g/mol. The highest BCUT2D eigenvalue weighted by atomic mass is 79.9. The number of carbonyl (C=O) groups excluding carboxylic acids is 1. The van der Waals surface area contributed by atoms with Gasteiger partial charge in [0.25, 0.3) is 0 Å². The summed E-state index contributed by atoms with van der Waals surface area (Å²) in [7, 11) is 0. The second-order valence-electron chi connectivity index (χ2n) is 4.56. The summed E-state index contributed by atoms with van der Waals surface area (Å²) in [5.41, 5.74) is 7.08. The maximum absolute atomic E-state index is 12.0. The number of benzene rings is 1. The van der Waals surface area contributed by atoms with Crippen molar-refractivity contribution < 1.29 is 4.79 Å². The van der Waals surface area contributed by atoms with Gasteiger partial charge < -0.3 is 10.6 Å². The van der Waals surface area contributed by atoms with Gasteiger partial charge in [-0.25, -0.2) is 0 Å². The summed E-state index contributed by atoms with van der Waals surface area (Å²) in [5.74, 6) is 0.0263. The lowest BCUT2D eigenvalue weighted by Gasteiger charge is -2.45. The maximum atomic E-state index is 12.0. The lowest BCUT2D eigenvalue weighted by molar-refractivity contribution is -0.150. The quantitative estimate of drug-likeness (QED) is 0.876. The van der Waals surface area contributed by atoms with Crippen molar-refractivity contribution in [2.24, 2.45) is 5.73 Å². The zero-order chi connectivity index (χ0) is 13.4. The number of rotatable bonds is 3. The Morgan fingerprint density at radius 3 is 2.58 bits per heavy atom. The van der Waals surface area contributed by atoms with Crippen LogP contribution in [-0.2, 0) is 11.3 Å². The average molecular weight is 337 g/mol. The topological polar surface area (TPSA) is 46.3 Å². The fraction of sp³-hybridized carbons (Fsp3) is 0.214. The smallest absolute Gasteiger partial charge is 0.242 e. The highest BCUT2D eigenvalue weighted by molar-refractivity contribution is 9.11. The molecule has 3 nitrogen and oxygen atoms in total. The molecule has 98 valence electrons. The van der Waals surface area contributed by atoms with Crippen LogP contribution >= 0.6 is 27.3 Å². The monoisotopic (exact) mass is 336 g/mol. The van der Waals surface area contributed by atoms with Gasteiger partial charge in [-0.2, -0.15) is 0 Å². The number of β-lactam (4-membered cyclic amide) rings is 1. The van der Waals surface area contributed by atoms with Crippen LogP contribution in [0.4, 0.5) is 0 Å². The first-order chi connectivity index (χ1) is 9.16. The molecule has 2 heterocycles. The Labute approximate surface area is 124 Å². The molecule has 1 aromatic carbocycles. The Morgan fingerprint density at radius 1 is 1.21 bits per heavy atom. The van der Waals surface area contributed by atoms with E-state index in [0.29, 0.717) is 6.54 Å². The third-order valence-corrected chi connectivity index (χ3v) is 5.02. The van der Waals surface area contributed by atoms with Crippen LogP contribution in [0, 0.1) is 0 Å². The first-order valence-electron chi connectivity index (χ1n) is 6.02. The molecule has 19 heavy (non-hydrogen) atoms. The summed E-state index contributed by atoms with van der Waals surface area (Å²) in [6.45, 7) is 0.619. The van der Waals surface area contributed by atoms with E-state index in [1.54, 1.807) is 11.3 Å². The Kier molecular flexibility index (Phi) is 3.43. The number of nitrogens with zero attached hydrogens (tertiary/aromatic N) is 1. The number of thiophene rings is 1. The maximum Gasteiger partial charge on any atom is 0.242 e. The van der Waals surface area contributed by atoms with Gasteiger partial charge in [0.2, 0.25) is 5.91 Å². The van der Waals surface area contributed by atoms with Crippen molar-refractivity contribution in [1.29, 1.82) is 0 Å². The zero-order valence-corrected chi connectivity index (χ0v) is 12.5. The summed E-state index contributed by atoms with van der Waals surface area (Å²) in [6, 6.07) is 13.6. The molecular formula is C14H13BrN2OS. The minimum absolute atomic E-state index is 0.00371. The van der Waals surface area contributed by atoms with E-state index in [0.717, 1.165) is 14.2 Å². The molecule has 1 aliphatic rings. The molecule has 2 atom stereocenters. The number of amides is 1. The van der Waals surface area contributed by atoms with Crippen LogP contribution in [0.15, 0.2) is 46.3 Å². The van der Waals surface area contributed by atoms with Crippen molar-refractivity contribution in [2.45, 2.75) is 18.6 Å². The van der Waals surface area contributed by atoms with Crippen LogP contribution in [0.5, 0.6) is 0 Å². The number of likely N-dealkylation sites (tertiary alicyclic amines) is 1. The number of nitrogens with two attached hydrogens (primary N) is 1. The highest BCUT2D eigenvalue weighted by Gasteiger charge is 2.46. The predicted octanol–water partition coefficient (Wildman–Crippen LogP) is 2.92. The van der Waals surface area contributed by atoms with Gasteiger partial charge in [0.1, 0.15) is 6.04 Å². The number of carbonyl (C=O) groups is 1. The van der Waals surface area contributed by atoms with E-state index in [9.17, 15) is 4.79 Å². The minimum Gasteiger partial charge on any atom is -0.327 e. The van der Waals surface area contributed by atoms with Crippen molar-refractivity contribution in [3.63, 3.8) is 0 Å². The fourth-order valence-electron chi connectivity index (χ4n) is 2.35. The van der Waals surface area contributed by atoms with Crippen molar-refractivity contribution in [1.82, 2.24) is 4.90 Å². The van der Waals surface area contributed by atoms with Gasteiger partial charge in [0.15, 0.2) is 0 Å². The van der Waals surface area contributed by atoms with E-state index in [-0.39, 0.29) is 11.9 Å². The zero-order valence-electron chi connectivity index (χ0n) is 10.1. The van der Waals surface area contributed by atoms with Gasteiger partial charge >= 0.3 is 0 Å². The van der Waals surface area contributed by atoms with E-state index in [1.807, 2.05) is 47.4 Å². The van der Waals surface area contributed by atoms with Gasteiger partial charge in [0, 0.05) is 11.4 Å². The highest BCUT2D eigenvalue weighted by Crippen LogP contribution is 2.39. The normalized spacial score (nSPS) is 22.4. The van der Waals surface area contributed by atoms with Crippen LogP contribution in [0.3, 0.4) is 0 Å². The van der Waals surface area contributed by atoms with Gasteiger partial charge in [-0.1, -0.05) is 30.3 Å². The molecule has 1 aliphatic heterocycles. The minimum atomic E-state index is -0.408. The SMILES string of the molecule is N[C@@H]1C(=O)N(Cc2ccccc2)[C@@H]1c1ccc(Br)s1.